The second-order valence-corrected chi connectivity index (χ2v) is 11.9. The lowest BCUT2D eigenvalue weighted by atomic mass is 9.69. The Hall–Kier alpha value is -3.34. The second-order valence-electron chi connectivity index (χ2n) is 11.1. The van der Waals surface area contributed by atoms with Crippen LogP contribution in [0.5, 0.6) is 5.75 Å². The molecule has 0 radical (unpaired) electrons. The topological polar surface area (TPSA) is 48.4 Å². The number of fused-ring (bicyclic) bond motifs is 2. The van der Waals surface area contributed by atoms with Crippen molar-refractivity contribution >= 4 is 51.7 Å². The Morgan fingerprint density at radius 2 is 1.77 bits per heavy atom. The van der Waals surface area contributed by atoms with Gasteiger partial charge in [-0.05, 0) is 77.3 Å². The standard InChI is InChI=1S/C33H31Cl2NO3/c1-33(2,3)23-16-22(15-20-9-13-25(38-4)14-10-20)31-27(17-23)30(26-7-5-6-8-29(26)36-31)32(37)39-19-21-11-12-24(34)18-28(21)35/h5-15,18,23H,16-17,19H2,1-4H3/b22-15-/t23-/m0/s1. The molecule has 0 saturated carbocycles. The van der Waals surface area contributed by atoms with E-state index in [-0.39, 0.29) is 18.0 Å². The van der Waals surface area contributed by atoms with E-state index in [0.29, 0.717) is 27.1 Å². The monoisotopic (exact) mass is 559 g/mol. The van der Waals surface area contributed by atoms with Gasteiger partial charge in [0.2, 0.25) is 0 Å². The minimum absolute atomic E-state index is 0.0281. The fourth-order valence-electron chi connectivity index (χ4n) is 5.12. The minimum atomic E-state index is -0.380. The number of aromatic nitrogens is 1. The molecular weight excluding hydrogens is 529 g/mol. The first kappa shape index (κ1) is 27.2. The van der Waals surface area contributed by atoms with Crippen molar-refractivity contribution < 1.29 is 14.3 Å². The van der Waals surface area contributed by atoms with E-state index >= 15 is 0 Å². The smallest absolute Gasteiger partial charge is 0.339 e. The maximum Gasteiger partial charge on any atom is 0.339 e. The number of ether oxygens (including phenoxy) is 2. The van der Waals surface area contributed by atoms with E-state index in [0.717, 1.165) is 51.9 Å². The Labute approximate surface area is 239 Å². The fourth-order valence-corrected chi connectivity index (χ4v) is 5.59. The van der Waals surface area contributed by atoms with Crippen LogP contribution in [0.4, 0.5) is 0 Å². The molecule has 4 aromatic rings. The molecule has 39 heavy (non-hydrogen) atoms. The third-order valence-electron chi connectivity index (χ3n) is 7.47. The molecule has 1 atom stereocenters. The number of halogens is 2. The van der Waals surface area contributed by atoms with Crippen molar-refractivity contribution in [1.82, 2.24) is 4.98 Å². The van der Waals surface area contributed by atoms with Crippen molar-refractivity contribution in [3.05, 3.63) is 105 Å². The van der Waals surface area contributed by atoms with Gasteiger partial charge in [-0.3, -0.25) is 0 Å². The SMILES string of the molecule is COc1ccc(/C=C2/C[C@H](C(C)(C)C)Cc3c2nc2ccccc2c3C(=O)OCc2ccc(Cl)cc2Cl)cc1. The molecule has 0 spiro atoms. The molecular formula is C33H31Cl2NO3. The minimum Gasteiger partial charge on any atom is -0.497 e. The number of nitrogens with zero attached hydrogens (tertiary/aromatic N) is 1. The molecule has 0 unspecified atom stereocenters. The number of carbonyl (C=O) groups excluding carboxylic acids is 1. The van der Waals surface area contributed by atoms with Gasteiger partial charge < -0.3 is 9.47 Å². The van der Waals surface area contributed by atoms with Crippen molar-refractivity contribution in [2.75, 3.05) is 7.11 Å². The van der Waals surface area contributed by atoms with E-state index in [4.69, 9.17) is 37.7 Å². The van der Waals surface area contributed by atoms with Crippen LogP contribution in [0.15, 0.2) is 66.7 Å². The highest BCUT2D eigenvalue weighted by molar-refractivity contribution is 6.35. The zero-order valence-electron chi connectivity index (χ0n) is 22.6. The summed E-state index contributed by atoms with van der Waals surface area (Å²) in [5.74, 6) is 0.743. The first-order valence-electron chi connectivity index (χ1n) is 13.0. The number of para-hydroxylation sites is 1. The van der Waals surface area contributed by atoms with E-state index in [9.17, 15) is 4.79 Å². The van der Waals surface area contributed by atoms with Gasteiger partial charge in [0.1, 0.15) is 12.4 Å². The van der Waals surface area contributed by atoms with Crippen LogP contribution in [-0.2, 0) is 17.8 Å². The van der Waals surface area contributed by atoms with Crippen LogP contribution in [0.25, 0.3) is 22.6 Å². The van der Waals surface area contributed by atoms with Crippen LogP contribution in [-0.4, -0.2) is 18.1 Å². The predicted octanol–water partition coefficient (Wildman–Crippen LogP) is 9.06. The van der Waals surface area contributed by atoms with Gasteiger partial charge >= 0.3 is 5.97 Å². The zero-order chi connectivity index (χ0) is 27.7. The second kappa shape index (κ2) is 11.0. The van der Waals surface area contributed by atoms with E-state index in [1.54, 1.807) is 25.3 Å². The van der Waals surface area contributed by atoms with Crippen LogP contribution >= 0.6 is 23.2 Å². The third kappa shape index (κ3) is 5.83. The molecule has 6 heteroatoms. The van der Waals surface area contributed by atoms with E-state index in [1.165, 1.54) is 0 Å². The normalized spacial score (nSPS) is 16.3. The van der Waals surface area contributed by atoms with Crippen LogP contribution < -0.4 is 4.74 Å². The largest absolute Gasteiger partial charge is 0.497 e. The molecule has 0 amide bonds. The fraction of sp³-hybridized carbons (Fsp3) is 0.273. The Balaban J connectivity index is 1.63. The Morgan fingerprint density at radius 1 is 1.03 bits per heavy atom. The van der Waals surface area contributed by atoms with Gasteiger partial charge in [-0.2, -0.15) is 0 Å². The van der Waals surface area contributed by atoms with Gasteiger partial charge in [-0.25, -0.2) is 9.78 Å². The molecule has 0 fully saturated rings. The number of pyridine rings is 1. The summed E-state index contributed by atoms with van der Waals surface area (Å²) in [7, 11) is 1.66. The van der Waals surface area contributed by atoms with Crippen LogP contribution in [0.3, 0.4) is 0 Å². The number of allylic oxidation sites excluding steroid dienone is 1. The molecule has 1 heterocycles. The van der Waals surface area contributed by atoms with Crippen LogP contribution in [0.2, 0.25) is 10.0 Å². The lowest BCUT2D eigenvalue weighted by molar-refractivity contribution is 0.0473. The van der Waals surface area contributed by atoms with Crippen molar-refractivity contribution in [2.45, 2.75) is 40.2 Å². The molecule has 5 rings (SSSR count). The predicted molar refractivity (Wildman–Crippen MR) is 159 cm³/mol. The summed E-state index contributed by atoms with van der Waals surface area (Å²) in [5, 5.41) is 1.80. The lowest BCUT2D eigenvalue weighted by Crippen LogP contribution is -2.28. The number of carbonyl (C=O) groups is 1. The van der Waals surface area contributed by atoms with Gasteiger partial charge in [-0.1, -0.05) is 80.4 Å². The lowest BCUT2D eigenvalue weighted by Gasteiger charge is -2.36. The first-order chi connectivity index (χ1) is 18.6. The molecule has 0 aliphatic heterocycles. The third-order valence-corrected chi connectivity index (χ3v) is 8.06. The summed E-state index contributed by atoms with van der Waals surface area (Å²) < 4.78 is 11.2. The molecule has 200 valence electrons. The number of rotatable bonds is 5. The molecule has 4 nitrogen and oxygen atoms in total. The highest BCUT2D eigenvalue weighted by Gasteiger charge is 2.35. The van der Waals surface area contributed by atoms with E-state index in [1.807, 2.05) is 48.5 Å². The average molecular weight is 561 g/mol. The number of hydrogen-bond acceptors (Lipinski definition) is 4. The maximum atomic E-state index is 13.8. The first-order valence-corrected chi connectivity index (χ1v) is 13.8. The summed E-state index contributed by atoms with van der Waals surface area (Å²) in [5.41, 5.74) is 6.05. The summed E-state index contributed by atoms with van der Waals surface area (Å²) in [6.07, 6.45) is 3.78. The van der Waals surface area contributed by atoms with Crippen molar-refractivity contribution in [3.8, 4) is 5.75 Å². The molecule has 0 bridgehead atoms. The van der Waals surface area contributed by atoms with Gasteiger partial charge in [0.25, 0.3) is 0 Å². The van der Waals surface area contributed by atoms with Crippen molar-refractivity contribution in [1.29, 1.82) is 0 Å². The van der Waals surface area contributed by atoms with Gasteiger partial charge in [0.15, 0.2) is 0 Å². The van der Waals surface area contributed by atoms with Crippen molar-refractivity contribution in [3.63, 3.8) is 0 Å². The van der Waals surface area contributed by atoms with E-state index in [2.05, 4.69) is 26.8 Å². The summed E-state index contributed by atoms with van der Waals surface area (Å²) in [6.45, 7) is 6.81. The zero-order valence-corrected chi connectivity index (χ0v) is 24.1. The molecule has 1 aromatic heterocycles. The Morgan fingerprint density at radius 3 is 2.46 bits per heavy atom. The van der Waals surface area contributed by atoms with Crippen LogP contribution in [0.1, 0.15) is 59.9 Å². The van der Waals surface area contributed by atoms with Gasteiger partial charge in [-0.15, -0.1) is 0 Å². The molecule has 3 aromatic carbocycles. The Kier molecular flexibility index (Phi) is 7.70. The number of methoxy groups -OCH3 is 1. The summed E-state index contributed by atoms with van der Waals surface area (Å²) >= 11 is 12.4. The summed E-state index contributed by atoms with van der Waals surface area (Å²) in [6, 6.07) is 20.9. The number of benzene rings is 3. The van der Waals surface area contributed by atoms with Gasteiger partial charge in [0.05, 0.1) is 23.9 Å². The highest BCUT2D eigenvalue weighted by Crippen LogP contribution is 2.45. The maximum absolute atomic E-state index is 13.8. The Bertz CT molecular complexity index is 1570. The molecule has 0 saturated heterocycles. The van der Waals surface area contributed by atoms with Crippen LogP contribution in [0, 0.1) is 11.3 Å². The summed E-state index contributed by atoms with van der Waals surface area (Å²) in [4.78, 5) is 18.9. The quantitative estimate of drug-likeness (QED) is 0.229. The number of esters is 1. The van der Waals surface area contributed by atoms with E-state index < -0.39 is 0 Å². The highest BCUT2D eigenvalue weighted by atomic mass is 35.5. The van der Waals surface area contributed by atoms with Crippen molar-refractivity contribution in [2.24, 2.45) is 11.3 Å². The van der Waals surface area contributed by atoms with Gasteiger partial charge in [0, 0.05) is 21.0 Å². The molecule has 1 aliphatic rings. The number of hydrogen-bond donors (Lipinski definition) is 0. The molecule has 1 aliphatic carbocycles. The molecule has 0 N–H and O–H groups in total. The average Bonchev–Trinajstić information content (AvgIpc) is 2.91.